The van der Waals surface area contributed by atoms with E-state index < -0.39 is 11.7 Å². The third-order valence-corrected chi connectivity index (χ3v) is 3.78. The molecule has 0 bridgehead atoms. The molecule has 0 spiro atoms. The number of carbonyl (C=O) groups is 1. The van der Waals surface area contributed by atoms with Crippen LogP contribution in [0.5, 0.6) is 0 Å². The van der Waals surface area contributed by atoms with Crippen LogP contribution in [0.4, 0.5) is 13.2 Å². The second-order valence-electron chi connectivity index (χ2n) is 3.37. The lowest BCUT2D eigenvalue weighted by Gasteiger charge is -2.06. The van der Waals surface area contributed by atoms with Crippen LogP contribution in [0, 0.1) is 0 Å². The molecule has 0 saturated heterocycles. The van der Waals surface area contributed by atoms with Gasteiger partial charge < -0.3 is 0 Å². The first-order chi connectivity index (χ1) is 8.41. The molecule has 0 amide bonds. The average molecular weight is 336 g/mol. The van der Waals surface area contributed by atoms with Crippen molar-refractivity contribution in [1.29, 1.82) is 0 Å². The van der Waals surface area contributed by atoms with E-state index in [1.807, 2.05) is 0 Å². The van der Waals surface area contributed by atoms with E-state index in [0.29, 0.717) is 20.6 Å². The molecule has 2 rings (SSSR count). The summed E-state index contributed by atoms with van der Waals surface area (Å²) in [6.07, 6.45) is -3.78. The summed E-state index contributed by atoms with van der Waals surface area (Å²) >= 11 is 4.33. The number of carbonyl (C=O) groups excluding carboxylic acids is 1. The number of nitrogens with zero attached hydrogens (tertiary/aromatic N) is 1. The molecule has 1 heterocycles. The first-order valence-corrected chi connectivity index (χ1v) is 6.32. The third kappa shape index (κ3) is 2.62. The summed E-state index contributed by atoms with van der Waals surface area (Å²) in [4.78, 5) is 15.3. The summed E-state index contributed by atoms with van der Waals surface area (Å²) in [5, 5.41) is 0. The zero-order chi connectivity index (χ0) is 13.3. The second-order valence-corrected chi connectivity index (χ2v) is 5.65. The standard InChI is InChI=1S/C11H5BrF3NOS/c12-10-16-8(5-17)9(18-10)6-1-3-7(4-2-6)11(13,14)15/h1-5H. The normalized spacial score (nSPS) is 11.6. The van der Waals surface area contributed by atoms with E-state index in [1.165, 1.54) is 23.5 Å². The van der Waals surface area contributed by atoms with Gasteiger partial charge in [0.2, 0.25) is 0 Å². The Kier molecular flexibility index (Phi) is 3.54. The fourth-order valence-corrected chi connectivity index (χ4v) is 2.84. The SMILES string of the molecule is O=Cc1nc(Br)sc1-c1ccc(C(F)(F)F)cc1. The number of benzene rings is 1. The van der Waals surface area contributed by atoms with Crippen molar-refractivity contribution in [3.05, 3.63) is 39.4 Å². The molecule has 0 aliphatic rings. The van der Waals surface area contributed by atoms with Crippen molar-refractivity contribution >= 4 is 33.6 Å². The van der Waals surface area contributed by atoms with Crippen molar-refractivity contribution in [2.24, 2.45) is 0 Å². The van der Waals surface area contributed by atoms with Crippen LogP contribution in [0.25, 0.3) is 10.4 Å². The van der Waals surface area contributed by atoms with Gasteiger partial charge in [0, 0.05) is 0 Å². The summed E-state index contributed by atoms with van der Waals surface area (Å²) in [6, 6.07) is 4.63. The molecule has 0 unspecified atom stereocenters. The van der Waals surface area contributed by atoms with E-state index in [-0.39, 0.29) is 5.69 Å². The van der Waals surface area contributed by atoms with Crippen LogP contribution in [-0.4, -0.2) is 11.3 Å². The molecule has 7 heteroatoms. The Balaban J connectivity index is 2.43. The van der Waals surface area contributed by atoms with Gasteiger partial charge in [0.05, 0.1) is 10.4 Å². The third-order valence-electron chi connectivity index (χ3n) is 2.21. The Labute approximate surface area is 113 Å². The van der Waals surface area contributed by atoms with Crippen LogP contribution in [-0.2, 0) is 6.18 Å². The number of aromatic nitrogens is 1. The Morgan fingerprint density at radius 2 is 1.83 bits per heavy atom. The van der Waals surface area contributed by atoms with Crippen LogP contribution in [0.15, 0.2) is 28.2 Å². The smallest absolute Gasteiger partial charge is 0.296 e. The lowest BCUT2D eigenvalue weighted by molar-refractivity contribution is -0.137. The fraction of sp³-hybridized carbons (Fsp3) is 0.0909. The molecule has 0 N–H and O–H groups in total. The van der Waals surface area contributed by atoms with E-state index in [0.717, 1.165) is 12.1 Å². The zero-order valence-electron chi connectivity index (χ0n) is 8.66. The zero-order valence-corrected chi connectivity index (χ0v) is 11.1. The maximum atomic E-state index is 12.4. The van der Waals surface area contributed by atoms with Crippen LogP contribution >= 0.6 is 27.3 Å². The summed E-state index contributed by atoms with van der Waals surface area (Å²) in [7, 11) is 0. The minimum atomic E-state index is -4.36. The lowest BCUT2D eigenvalue weighted by Crippen LogP contribution is -2.03. The molecule has 2 aromatic rings. The Bertz CT molecular complexity index is 577. The average Bonchev–Trinajstić information content (AvgIpc) is 2.69. The molecule has 94 valence electrons. The van der Waals surface area contributed by atoms with Crippen molar-refractivity contribution < 1.29 is 18.0 Å². The van der Waals surface area contributed by atoms with Crippen LogP contribution in [0.2, 0.25) is 0 Å². The Morgan fingerprint density at radius 1 is 1.22 bits per heavy atom. The number of rotatable bonds is 2. The van der Waals surface area contributed by atoms with E-state index in [9.17, 15) is 18.0 Å². The first-order valence-electron chi connectivity index (χ1n) is 4.71. The van der Waals surface area contributed by atoms with Crippen molar-refractivity contribution in [3.63, 3.8) is 0 Å². The van der Waals surface area contributed by atoms with Gasteiger partial charge in [0.15, 0.2) is 10.2 Å². The summed E-state index contributed by atoms with van der Waals surface area (Å²) in [6.45, 7) is 0. The van der Waals surface area contributed by atoms with Crippen LogP contribution < -0.4 is 0 Å². The predicted octanol–water partition coefficient (Wildman–Crippen LogP) is 4.40. The molecule has 0 aliphatic carbocycles. The highest BCUT2D eigenvalue weighted by atomic mass is 79.9. The summed E-state index contributed by atoms with van der Waals surface area (Å²) in [5.41, 5.74) is 0.0300. The predicted molar refractivity (Wildman–Crippen MR) is 65.6 cm³/mol. The maximum Gasteiger partial charge on any atom is 0.416 e. The Morgan fingerprint density at radius 3 is 2.33 bits per heavy atom. The van der Waals surface area contributed by atoms with E-state index in [4.69, 9.17) is 0 Å². The second kappa shape index (κ2) is 4.81. The van der Waals surface area contributed by atoms with Gasteiger partial charge in [-0.15, -0.1) is 11.3 Å². The van der Waals surface area contributed by atoms with Crippen molar-refractivity contribution in [2.75, 3.05) is 0 Å². The molecular formula is C11H5BrF3NOS. The van der Waals surface area contributed by atoms with Gasteiger partial charge in [-0.25, -0.2) is 4.98 Å². The van der Waals surface area contributed by atoms with Gasteiger partial charge in [-0.3, -0.25) is 4.79 Å². The van der Waals surface area contributed by atoms with Gasteiger partial charge >= 0.3 is 6.18 Å². The lowest BCUT2D eigenvalue weighted by atomic mass is 10.1. The van der Waals surface area contributed by atoms with E-state index in [1.54, 1.807) is 0 Å². The quantitative estimate of drug-likeness (QED) is 0.761. The molecule has 1 aromatic heterocycles. The fourth-order valence-electron chi connectivity index (χ4n) is 1.40. The van der Waals surface area contributed by atoms with E-state index in [2.05, 4.69) is 20.9 Å². The van der Waals surface area contributed by atoms with Crippen molar-refractivity contribution in [2.45, 2.75) is 6.18 Å². The first kappa shape index (κ1) is 13.2. The minimum absolute atomic E-state index is 0.214. The number of hydrogen-bond acceptors (Lipinski definition) is 3. The van der Waals surface area contributed by atoms with Gasteiger partial charge in [0.25, 0.3) is 0 Å². The molecule has 0 radical (unpaired) electrons. The monoisotopic (exact) mass is 335 g/mol. The molecule has 18 heavy (non-hydrogen) atoms. The molecule has 0 aliphatic heterocycles. The van der Waals surface area contributed by atoms with Gasteiger partial charge in [-0.05, 0) is 33.6 Å². The number of alkyl halides is 3. The highest BCUT2D eigenvalue weighted by Gasteiger charge is 2.30. The topological polar surface area (TPSA) is 30.0 Å². The van der Waals surface area contributed by atoms with Crippen LogP contribution in [0.3, 0.4) is 0 Å². The van der Waals surface area contributed by atoms with Gasteiger partial charge in [-0.2, -0.15) is 13.2 Å². The molecule has 0 saturated carbocycles. The maximum absolute atomic E-state index is 12.4. The highest BCUT2D eigenvalue weighted by Crippen LogP contribution is 2.35. The van der Waals surface area contributed by atoms with Crippen molar-refractivity contribution in [3.8, 4) is 10.4 Å². The van der Waals surface area contributed by atoms with E-state index >= 15 is 0 Å². The molecule has 0 atom stereocenters. The van der Waals surface area contributed by atoms with Crippen LogP contribution in [0.1, 0.15) is 16.1 Å². The summed E-state index contributed by atoms with van der Waals surface area (Å²) in [5.74, 6) is 0. The Hall–Kier alpha value is -1.21. The van der Waals surface area contributed by atoms with Gasteiger partial charge in [0.1, 0.15) is 5.69 Å². The van der Waals surface area contributed by atoms with Crippen molar-refractivity contribution in [1.82, 2.24) is 4.98 Å². The number of aldehydes is 1. The molecule has 1 aromatic carbocycles. The summed E-state index contributed by atoms with van der Waals surface area (Å²) < 4.78 is 37.7. The largest absolute Gasteiger partial charge is 0.416 e. The molecular weight excluding hydrogens is 331 g/mol. The molecule has 2 nitrogen and oxygen atoms in total. The number of halogens is 4. The minimum Gasteiger partial charge on any atom is -0.296 e. The number of hydrogen-bond donors (Lipinski definition) is 0. The molecule has 0 fully saturated rings. The van der Waals surface area contributed by atoms with Gasteiger partial charge in [-0.1, -0.05) is 12.1 Å². The number of thiazole rings is 1. The highest BCUT2D eigenvalue weighted by molar-refractivity contribution is 9.11.